The Morgan fingerprint density at radius 1 is 0.469 bits per heavy atom. The van der Waals surface area contributed by atoms with E-state index in [0.717, 1.165) is 27.8 Å². The molecule has 0 saturated heterocycles. The maximum Gasteiger partial charge on any atom is 0.250 e. The third-order valence-electron chi connectivity index (χ3n) is 5.75. The Morgan fingerprint density at radius 2 is 0.969 bits per heavy atom. The van der Waals surface area contributed by atoms with Gasteiger partial charge in [0.1, 0.15) is 0 Å². The third-order valence-corrected chi connectivity index (χ3v) is 5.75. The molecule has 0 aliphatic rings. The molecule has 0 atom stereocenters. The Kier molecular flexibility index (Phi) is 5.50. The van der Waals surface area contributed by atoms with Gasteiger partial charge in [0.15, 0.2) is 0 Å². The monoisotopic (exact) mass is 413 g/mol. The Hall–Kier alpha value is -4.17. The molecule has 0 aliphatic heterocycles. The largest absolute Gasteiger partial charge is 0.310 e. The van der Waals surface area contributed by atoms with Crippen molar-refractivity contribution in [2.24, 2.45) is 0 Å². The number of benzene rings is 4. The van der Waals surface area contributed by atoms with Crippen LogP contribution >= 0.6 is 0 Å². The first-order valence-electron chi connectivity index (χ1n) is 10.8. The van der Waals surface area contributed by atoms with Crippen LogP contribution in [0.5, 0.6) is 0 Å². The molecule has 2 nitrogen and oxygen atoms in total. The Morgan fingerprint density at radius 3 is 1.66 bits per heavy atom. The second-order valence-corrected chi connectivity index (χ2v) is 7.85. The fourth-order valence-electron chi connectivity index (χ4n) is 4.05. The van der Waals surface area contributed by atoms with Crippen molar-refractivity contribution in [3.63, 3.8) is 0 Å². The molecule has 0 aliphatic carbocycles. The summed E-state index contributed by atoms with van der Waals surface area (Å²) < 4.78 is 1.79. The quantitative estimate of drug-likeness (QED) is 0.307. The van der Waals surface area contributed by atoms with Gasteiger partial charge in [-0.3, -0.25) is 4.79 Å². The highest BCUT2D eigenvalue weighted by Gasteiger charge is 2.08. The Bertz CT molecular complexity index is 1380. The van der Waals surface area contributed by atoms with E-state index in [0.29, 0.717) is 6.54 Å². The minimum Gasteiger partial charge on any atom is -0.310 e. The van der Waals surface area contributed by atoms with Crippen LogP contribution in [0.1, 0.15) is 5.56 Å². The van der Waals surface area contributed by atoms with Gasteiger partial charge >= 0.3 is 0 Å². The van der Waals surface area contributed by atoms with Crippen molar-refractivity contribution in [3.05, 3.63) is 143 Å². The zero-order valence-electron chi connectivity index (χ0n) is 17.7. The van der Waals surface area contributed by atoms with E-state index < -0.39 is 0 Å². The predicted molar refractivity (Wildman–Crippen MR) is 133 cm³/mol. The number of nitrogens with zero attached hydrogens (tertiary/aromatic N) is 1. The summed E-state index contributed by atoms with van der Waals surface area (Å²) >= 11 is 0. The van der Waals surface area contributed by atoms with Crippen LogP contribution in [-0.4, -0.2) is 4.57 Å². The fraction of sp³-hybridized carbons (Fsp3) is 0.0333. The van der Waals surface area contributed by atoms with Crippen molar-refractivity contribution in [1.29, 1.82) is 0 Å². The highest BCUT2D eigenvalue weighted by atomic mass is 16.1. The van der Waals surface area contributed by atoms with Crippen LogP contribution in [0.4, 0.5) is 0 Å². The molecule has 1 heterocycles. The molecule has 0 bridgehead atoms. The van der Waals surface area contributed by atoms with Gasteiger partial charge in [-0.1, -0.05) is 109 Å². The first kappa shape index (κ1) is 19.8. The summed E-state index contributed by atoms with van der Waals surface area (Å²) in [6.45, 7) is 0.528. The number of rotatable bonds is 5. The first-order valence-corrected chi connectivity index (χ1v) is 10.8. The lowest BCUT2D eigenvalue weighted by Crippen LogP contribution is -2.19. The van der Waals surface area contributed by atoms with Gasteiger partial charge in [0.05, 0.1) is 6.54 Å². The van der Waals surface area contributed by atoms with Gasteiger partial charge in [-0.2, -0.15) is 0 Å². The van der Waals surface area contributed by atoms with E-state index in [1.165, 1.54) is 11.1 Å². The topological polar surface area (TPSA) is 22.0 Å². The highest BCUT2D eigenvalue weighted by molar-refractivity contribution is 5.70. The lowest BCUT2D eigenvalue weighted by atomic mass is 9.99. The van der Waals surface area contributed by atoms with Crippen LogP contribution in [0.2, 0.25) is 0 Å². The maximum absolute atomic E-state index is 12.7. The molecule has 1 aromatic heterocycles. The summed E-state index contributed by atoms with van der Waals surface area (Å²) in [5, 5.41) is 0. The third kappa shape index (κ3) is 4.17. The van der Waals surface area contributed by atoms with E-state index in [2.05, 4.69) is 60.7 Å². The Labute approximate surface area is 188 Å². The molecule has 0 fully saturated rings. The second-order valence-electron chi connectivity index (χ2n) is 7.85. The summed E-state index contributed by atoms with van der Waals surface area (Å²) in [4.78, 5) is 12.7. The van der Waals surface area contributed by atoms with Crippen molar-refractivity contribution in [3.8, 4) is 33.4 Å². The molecule has 4 aromatic carbocycles. The molecule has 5 aromatic rings. The Balaban J connectivity index is 1.47. The minimum atomic E-state index is -0.00230. The standard InChI is InChI=1S/C30H23NO/c32-30-20-19-27(25-17-15-24(16-18-25)23-9-3-1-4-10-23)21-31(30)22-28-13-7-8-14-29(28)26-11-5-2-6-12-26/h1-21H,22H2. The summed E-state index contributed by atoms with van der Waals surface area (Å²) in [6.07, 6.45) is 1.96. The predicted octanol–water partition coefficient (Wildman–Crippen LogP) is 6.90. The first-order chi connectivity index (χ1) is 15.8. The molecule has 0 saturated carbocycles. The zero-order chi connectivity index (χ0) is 21.8. The second kappa shape index (κ2) is 8.91. The molecule has 5 rings (SSSR count). The molecular formula is C30H23NO. The van der Waals surface area contributed by atoms with E-state index in [9.17, 15) is 4.79 Å². The molecule has 154 valence electrons. The molecule has 32 heavy (non-hydrogen) atoms. The van der Waals surface area contributed by atoms with E-state index in [-0.39, 0.29) is 5.56 Å². The summed E-state index contributed by atoms with van der Waals surface area (Å²) in [5.41, 5.74) is 7.92. The van der Waals surface area contributed by atoms with Gasteiger partial charge < -0.3 is 4.57 Å². The molecule has 0 amide bonds. The number of hydrogen-bond donors (Lipinski definition) is 0. The van der Waals surface area contributed by atoms with Gasteiger partial charge in [0.2, 0.25) is 0 Å². The number of hydrogen-bond acceptors (Lipinski definition) is 1. The smallest absolute Gasteiger partial charge is 0.250 e. The molecule has 0 spiro atoms. The van der Waals surface area contributed by atoms with Gasteiger partial charge in [-0.25, -0.2) is 0 Å². The van der Waals surface area contributed by atoms with Crippen molar-refractivity contribution in [2.45, 2.75) is 6.54 Å². The average Bonchev–Trinajstić information content (AvgIpc) is 2.87. The van der Waals surface area contributed by atoms with E-state index in [1.807, 2.05) is 60.8 Å². The van der Waals surface area contributed by atoms with Crippen molar-refractivity contribution in [2.75, 3.05) is 0 Å². The van der Waals surface area contributed by atoms with Gasteiger partial charge in [-0.05, 0) is 45.0 Å². The lowest BCUT2D eigenvalue weighted by molar-refractivity contribution is 0.762. The van der Waals surface area contributed by atoms with E-state index >= 15 is 0 Å². The molecule has 0 radical (unpaired) electrons. The van der Waals surface area contributed by atoms with Crippen molar-refractivity contribution in [1.82, 2.24) is 4.57 Å². The summed E-state index contributed by atoms with van der Waals surface area (Å²) in [6, 6.07) is 41.0. The summed E-state index contributed by atoms with van der Waals surface area (Å²) in [5.74, 6) is 0. The van der Waals surface area contributed by atoms with Crippen molar-refractivity contribution < 1.29 is 0 Å². The lowest BCUT2D eigenvalue weighted by Gasteiger charge is -2.13. The van der Waals surface area contributed by atoms with Crippen LogP contribution in [0.15, 0.2) is 132 Å². The number of pyridine rings is 1. The van der Waals surface area contributed by atoms with E-state index in [4.69, 9.17) is 0 Å². The fourth-order valence-corrected chi connectivity index (χ4v) is 4.05. The van der Waals surface area contributed by atoms with E-state index in [1.54, 1.807) is 10.6 Å². The van der Waals surface area contributed by atoms with Crippen LogP contribution in [0, 0.1) is 0 Å². The molecule has 2 heteroatoms. The van der Waals surface area contributed by atoms with Gasteiger partial charge in [-0.15, -0.1) is 0 Å². The zero-order valence-corrected chi connectivity index (χ0v) is 17.7. The van der Waals surface area contributed by atoms with Gasteiger partial charge in [0.25, 0.3) is 5.56 Å². The highest BCUT2D eigenvalue weighted by Crippen LogP contribution is 2.26. The van der Waals surface area contributed by atoms with Crippen LogP contribution in [0.25, 0.3) is 33.4 Å². The SMILES string of the molecule is O=c1ccc(-c2ccc(-c3ccccc3)cc2)cn1Cc1ccccc1-c1ccccc1. The van der Waals surface area contributed by atoms with Crippen LogP contribution < -0.4 is 5.56 Å². The molecule has 0 N–H and O–H groups in total. The number of aromatic nitrogens is 1. The average molecular weight is 414 g/mol. The molecular weight excluding hydrogens is 390 g/mol. The summed E-state index contributed by atoms with van der Waals surface area (Å²) in [7, 11) is 0. The van der Waals surface area contributed by atoms with Crippen LogP contribution in [0.3, 0.4) is 0 Å². The minimum absolute atomic E-state index is 0.00230. The molecule has 0 unspecified atom stereocenters. The van der Waals surface area contributed by atoms with Gasteiger partial charge in [0, 0.05) is 12.3 Å². The van der Waals surface area contributed by atoms with Crippen LogP contribution in [-0.2, 0) is 6.54 Å². The van der Waals surface area contributed by atoms with Crippen molar-refractivity contribution >= 4 is 0 Å². The normalized spacial score (nSPS) is 10.8. The maximum atomic E-state index is 12.7.